The Bertz CT molecular complexity index is 364. The molecule has 1 unspecified atom stereocenters. The zero-order valence-electron chi connectivity index (χ0n) is 11.2. The zero-order valence-corrected chi connectivity index (χ0v) is 11.2. The van der Waals surface area contributed by atoms with Gasteiger partial charge in [0.1, 0.15) is 5.60 Å². The number of hydrogen-bond acceptors (Lipinski definition) is 3. The molecule has 0 spiro atoms. The normalized spacial score (nSPS) is 18.9. The van der Waals surface area contributed by atoms with E-state index in [-0.39, 0.29) is 6.54 Å². The van der Waals surface area contributed by atoms with Gasteiger partial charge >= 0.3 is 0 Å². The van der Waals surface area contributed by atoms with Crippen molar-refractivity contribution >= 4 is 0 Å². The molecular weight excluding hydrogens is 224 g/mol. The van der Waals surface area contributed by atoms with Crippen molar-refractivity contribution in [3.05, 3.63) is 35.9 Å². The Morgan fingerprint density at radius 2 is 2.00 bits per heavy atom. The van der Waals surface area contributed by atoms with E-state index < -0.39 is 5.60 Å². The fourth-order valence-electron chi connectivity index (χ4n) is 2.48. The summed E-state index contributed by atoms with van der Waals surface area (Å²) in [6.45, 7) is 4.44. The van der Waals surface area contributed by atoms with E-state index in [1.165, 1.54) is 12.8 Å². The van der Waals surface area contributed by atoms with E-state index in [1.807, 2.05) is 30.3 Å². The molecule has 0 amide bonds. The van der Waals surface area contributed by atoms with Crippen molar-refractivity contribution in [2.45, 2.75) is 37.8 Å². The molecule has 2 rings (SSSR count). The second kappa shape index (κ2) is 5.83. The van der Waals surface area contributed by atoms with Crippen LogP contribution in [0.4, 0.5) is 0 Å². The Balaban J connectivity index is 1.99. The van der Waals surface area contributed by atoms with Gasteiger partial charge in [-0.2, -0.15) is 0 Å². The van der Waals surface area contributed by atoms with E-state index >= 15 is 0 Å². The lowest BCUT2D eigenvalue weighted by Crippen LogP contribution is -2.39. The first-order valence-electron chi connectivity index (χ1n) is 6.91. The molecule has 1 atom stereocenters. The molecule has 1 aliphatic rings. The SMILES string of the molecule is CCN(CCC(O)(CN)c1ccccc1)C1CC1. The van der Waals surface area contributed by atoms with Crippen LogP contribution in [-0.2, 0) is 5.60 Å². The molecule has 1 aromatic rings. The molecule has 1 saturated carbocycles. The smallest absolute Gasteiger partial charge is 0.103 e. The van der Waals surface area contributed by atoms with Crippen LogP contribution in [0.15, 0.2) is 30.3 Å². The molecule has 1 fully saturated rings. The van der Waals surface area contributed by atoms with Crippen LogP contribution in [0.25, 0.3) is 0 Å². The van der Waals surface area contributed by atoms with Gasteiger partial charge in [0.2, 0.25) is 0 Å². The van der Waals surface area contributed by atoms with E-state index in [0.29, 0.717) is 6.42 Å². The Labute approximate surface area is 110 Å². The minimum atomic E-state index is -0.885. The van der Waals surface area contributed by atoms with Crippen molar-refractivity contribution in [3.63, 3.8) is 0 Å². The minimum Gasteiger partial charge on any atom is -0.384 e. The van der Waals surface area contributed by atoms with E-state index in [4.69, 9.17) is 5.73 Å². The van der Waals surface area contributed by atoms with Crippen molar-refractivity contribution in [3.8, 4) is 0 Å². The number of hydrogen-bond donors (Lipinski definition) is 2. The van der Waals surface area contributed by atoms with Gasteiger partial charge in [-0.05, 0) is 31.4 Å². The first kappa shape index (κ1) is 13.5. The van der Waals surface area contributed by atoms with Gasteiger partial charge < -0.3 is 15.7 Å². The highest BCUT2D eigenvalue weighted by atomic mass is 16.3. The number of nitrogens with zero attached hydrogens (tertiary/aromatic N) is 1. The summed E-state index contributed by atoms with van der Waals surface area (Å²) in [7, 11) is 0. The van der Waals surface area contributed by atoms with Gasteiger partial charge in [-0.3, -0.25) is 0 Å². The molecule has 3 nitrogen and oxygen atoms in total. The van der Waals surface area contributed by atoms with Crippen molar-refractivity contribution < 1.29 is 5.11 Å². The maximum atomic E-state index is 10.7. The number of nitrogens with two attached hydrogens (primary N) is 1. The molecular formula is C15H24N2O. The van der Waals surface area contributed by atoms with Crippen molar-refractivity contribution in [2.75, 3.05) is 19.6 Å². The zero-order chi connectivity index (χ0) is 13.0. The number of rotatable bonds is 7. The van der Waals surface area contributed by atoms with E-state index in [0.717, 1.165) is 24.7 Å². The summed E-state index contributed by atoms with van der Waals surface area (Å²) >= 11 is 0. The average Bonchev–Trinajstić information content (AvgIpc) is 3.25. The van der Waals surface area contributed by atoms with Crippen LogP contribution < -0.4 is 5.73 Å². The molecule has 18 heavy (non-hydrogen) atoms. The van der Waals surface area contributed by atoms with Gasteiger partial charge in [0.25, 0.3) is 0 Å². The number of benzene rings is 1. The minimum absolute atomic E-state index is 0.277. The molecule has 0 bridgehead atoms. The van der Waals surface area contributed by atoms with E-state index in [9.17, 15) is 5.11 Å². The van der Waals surface area contributed by atoms with Crippen LogP contribution >= 0.6 is 0 Å². The van der Waals surface area contributed by atoms with Crippen molar-refractivity contribution in [1.29, 1.82) is 0 Å². The molecule has 3 heteroatoms. The molecule has 0 radical (unpaired) electrons. The third-order valence-electron chi connectivity index (χ3n) is 3.93. The van der Waals surface area contributed by atoms with Crippen LogP contribution in [0.2, 0.25) is 0 Å². The Morgan fingerprint density at radius 3 is 2.50 bits per heavy atom. The predicted molar refractivity (Wildman–Crippen MR) is 74.3 cm³/mol. The molecule has 100 valence electrons. The first-order chi connectivity index (χ1) is 8.69. The molecule has 3 N–H and O–H groups in total. The lowest BCUT2D eigenvalue weighted by atomic mass is 9.90. The van der Waals surface area contributed by atoms with Gasteiger partial charge in [-0.25, -0.2) is 0 Å². The van der Waals surface area contributed by atoms with E-state index in [2.05, 4.69) is 11.8 Å². The summed E-state index contributed by atoms with van der Waals surface area (Å²) in [5, 5.41) is 10.7. The largest absolute Gasteiger partial charge is 0.384 e. The van der Waals surface area contributed by atoms with Crippen LogP contribution in [0, 0.1) is 0 Å². The lowest BCUT2D eigenvalue weighted by molar-refractivity contribution is 0.0254. The molecule has 0 saturated heterocycles. The Kier molecular flexibility index (Phi) is 4.38. The average molecular weight is 248 g/mol. The van der Waals surface area contributed by atoms with Gasteiger partial charge in [0.05, 0.1) is 0 Å². The fourth-order valence-corrected chi connectivity index (χ4v) is 2.48. The maximum absolute atomic E-state index is 10.7. The molecule has 1 aliphatic carbocycles. The lowest BCUT2D eigenvalue weighted by Gasteiger charge is -2.30. The van der Waals surface area contributed by atoms with Crippen molar-refractivity contribution in [2.24, 2.45) is 5.73 Å². The second-order valence-corrected chi connectivity index (χ2v) is 5.21. The monoisotopic (exact) mass is 248 g/mol. The summed E-state index contributed by atoms with van der Waals surface area (Å²) in [5.74, 6) is 0. The molecule has 0 heterocycles. The summed E-state index contributed by atoms with van der Waals surface area (Å²) in [6, 6.07) is 10.5. The van der Waals surface area contributed by atoms with Crippen molar-refractivity contribution in [1.82, 2.24) is 4.90 Å². The van der Waals surface area contributed by atoms with Gasteiger partial charge in [0.15, 0.2) is 0 Å². The predicted octanol–water partition coefficient (Wildman–Crippen LogP) is 1.71. The van der Waals surface area contributed by atoms with Crippen LogP contribution in [0.1, 0.15) is 31.7 Å². The topological polar surface area (TPSA) is 49.5 Å². The molecule has 0 aromatic heterocycles. The Hall–Kier alpha value is -0.900. The third kappa shape index (κ3) is 3.10. The maximum Gasteiger partial charge on any atom is 0.103 e. The van der Waals surface area contributed by atoms with Crippen LogP contribution in [0.5, 0.6) is 0 Å². The third-order valence-corrected chi connectivity index (χ3v) is 3.93. The second-order valence-electron chi connectivity index (χ2n) is 5.21. The standard InChI is InChI=1S/C15H24N2O/c1-2-17(14-8-9-14)11-10-15(18,12-16)13-6-4-3-5-7-13/h3-7,14,18H,2,8-12,16H2,1H3. The number of aliphatic hydroxyl groups is 1. The summed E-state index contributed by atoms with van der Waals surface area (Å²) in [6.07, 6.45) is 3.32. The van der Waals surface area contributed by atoms with Gasteiger partial charge in [-0.1, -0.05) is 37.3 Å². The highest BCUT2D eigenvalue weighted by Gasteiger charge is 2.32. The molecule has 0 aliphatic heterocycles. The summed E-state index contributed by atoms with van der Waals surface area (Å²) in [5.41, 5.74) is 5.83. The van der Waals surface area contributed by atoms with E-state index in [1.54, 1.807) is 0 Å². The van der Waals surface area contributed by atoms with Crippen LogP contribution in [0.3, 0.4) is 0 Å². The first-order valence-corrected chi connectivity index (χ1v) is 6.91. The van der Waals surface area contributed by atoms with Crippen LogP contribution in [-0.4, -0.2) is 35.7 Å². The summed E-state index contributed by atoms with van der Waals surface area (Å²) < 4.78 is 0. The summed E-state index contributed by atoms with van der Waals surface area (Å²) in [4.78, 5) is 2.45. The highest BCUT2D eigenvalue weighted by Crippen LogP contribution is 2.29. The van der Waals surface area contributed by atoms with Gasteiger partial charge in [0, 0.05) is 19.1 Å². The fraction of sp³-hybridized carbons (Fsp3) is 0.600. The Morgan fingerprint density at radius 1 is 1.33 bits per heavy atom. The highest BCUT2D eigenvalue weighted by molar-refractivity contribution is 5.22. The van der Waals surface area contributed by atoms with Gasteiger partial charge in [-0.15, -0.1) is 0 Å². The molecule has 1 aromatic carbocycles. The quantitative estimate of drug-likeness (QED) is 0.772.